The van der Waals surface area contributed by atoms with Crippen molar-refractivity contribution in [2.45, 2.75) is 18.8 Å². The third-order valence-electron chi connectivity index (χ3n) is 3.88. The summed E-state index contributed by atoms with van der Waals surface area (Å²) in [6.45, 7) is 1.58. The molecule has 0 radical (unpaired) electrons. The second-order valence-corrected chi connectivity index (χ2v) is 5.50. The lowest BCUT2D eigenvalue weighted by Crippen LogP contribution is -2.40. The van der Waals surface area contributed by atoms with Crippen LogP contribution in [0.3, 0.4) is 0 Å². The van der Waals surface area contributed by atoms with Crippen LogP contribution in [0.15, 0.2) is 42.5 Å². The third-order valence-corrected chi connectivity index (χ3v) is 3.88. The summed E-state index contributed by atoms with van der Waals surface area (Å²) in [5, 5.41) is 3.38. The van der Waals surface area contributed by atoms with Crippen molar-refractivity contribution in [3.8, 4) is 11.1 Å². The molecule has 0 aliphatic carbocycles. The first-order valence-corrected chi connectivity index (χ1v) is 7.33. The Kier molecular flexibility index (Phi) is 4.28. The molecule has 3 N–H and O–H groups in total. The van der Waals surface area contributed by atoms with E-state index >= 15 is 0 Å². The Morgan fingerprint density at radius 1 is 1.09 bits per heavy atom. The molecular weight excluding hydrogens is 305 g/mol. The summed E-state index contributed by atoms with van der Waals surface area (Å²) in [5.41, 5.74) is 8.49. The van der Waals surface area contributed by atoms with Crippen LogP contribution in [-0.4, -0.2) is 19.3 Å². The maximum absolute atomic E-state index is 12.7. The topological polar surface area (TPSA) is 47.3 Å². The Balaban J connectivity index is 1.97. The number of para-hydroxylation sites is 1. The van der Waals surface area contributed by atoms with Crippen LogP contribution in [0, 0.1) is 0 Å². The van der Waals surface area contributed by atoms with Gasteiger partial charge in [-0.3, -0.25) is 0 Å². The van der Waals surface area contributed by atoms with Crippen LogP contribution in [0.4, 0.5) is 18.9 Å². The van der Waals surface area contributed by atoms with E-state index in [4.69, 9.17) is 10.5 Å². The Morgan fingerprint density at radius 2 is 1.78 bits per heavy atom. The largest absolute Gasteiger partial charge is 0.416 e. The predicted molar refractivity (Wildman–Crippen MR) is 83.0 cm³/mol. The highest BCUT2D eigenvalue weighted by atomic mass is 19.4. The molecule has 0 amide bonds. The van der Waals surface area contributed by atoms with E-state index in [0.717, 1.165) is 34.5 Å². The molecule has 1 aliphatic heterocycles. The molecule has 122 valence electrons. The first-order chi connectivity index (χ1) is 11.0. The van der Waals surface area contributed by atoms with Gasteiger partial charge in [-0.15, -0.1) is 0 Å². The van der Waals surface area contributed by atoms with E-state index in [9.17, 15) is 13.2 Å². The Morgan fingerprint density at radius 3 is 2.30 bits per heavy atom. The fraction of sp³-hybridized carbons (Fsp3) is 0.294. The van der Waals surface area contributed by atoms with Gasteiger partial charge in [0, 0.05) is 17.8 Å². The van der Waals surface area contributed by atoms with Gasteiger partial charge >= 0.3 is 6.18 Å². The molecule has 0 atom stereocenters. The summed E-state index contributed by atoms with van der Waals surface area (Å²) in [6.07, 6.45) is -4.33. The van der Waals surface area contributed by atoms with Gasteiger partial charge in [0.1, 0.15) is 0 Å². The van der Waals surface area contributed by atoms with Crippen LogP contribution < -0.4 is 11.1 Å². The number of alkyl halides is 3. The number of nitrogens with two attached hydrogens (primary N) is 1. The lowest BCUT2D eigenvalue weighted by Gasteiger charge is -2.30. The zero-order valence-electron chi connectivity index (χ0n) is 12.4. The second kappa shape index (κ2) is 6.22. The number of hydrogen-bond donors (Lipinski definition) is 2. The Bertz CT molecular complexity index is 679. The number of halogens is 3. The van der Waals surface area contributed by atoms with Crippen LogP contribution in [0.1, 0.15) is 11.1 Å². The van der Waals surface area contributed by atoms with E-state index in [-0.39, 0.29) is 6.04 Å². The number of nitrogens with one attached hydrogen (secondary N) is 1. The molecule has 6 heteroatoms. The summed E-state index contributed by atoms with van der Waals surface area (Å²) in [4.78, 5) is 0. The normalized spacial score (nSPS) is 15.3. The molecule has 1 heterocycles. The summed E-state index contributed by atoms with van der Waals surface area (Å²) < 4.78 is 43.3. The first-order valence-electron chi connectivity index (χ1n) is 7.33. The molecule has 3 rings (SSSR count). The smallest absolute Gasteiger partial charge is 0.377 e. The summed E-state index contributed by atoms with van der Waals surface area (Å²) in [6, 6.07) is 11.0. The standard InChI is InChI=1S/C17H17F3N2O/c18-17(19,20)13-6-4-11(5-7-13)15-3-1-2-12(8-21)16(15)22-14-9-23-10-14/h1-7,14,22H,8-10,21H2. The fourth-order valence-electron chi connectivity index (χ4n) is 2.54. The minimum absolute atomic E-state index is 0.205. The third kappa shape index (κ3) is 3.33. The van der Waals surface area contributed by atoms with E-state index < -0.39 is 11.7 Å². The van der Waals surface area contributed by atoms with Crippen molar-refractivity contribution in [3.05, 3.63) is 53.6 Å². The Hall–Kier alpha value is -2.05. The van der Waals surface area contributed by atoms with Gasteiger partial charge in [-0.1, -0.05) is 30.3 Å². The zero-order chi connectivity index (χ0) is 16.4. The van der Waals surface area contributed by atoms with E-state index in [1.54, 1.807) is 0 Å². The number of ether oxygens (including phenoxy) is 1. The molecule has 2 aromatic rings. The van der Waals surface area contributed by atoms with Gasteiger partial charge in [-0.25, -0.2) is 0 Å². The molecule has 1 saturated heterocycles. The molecule has 1 aliphatic rings. The summed E-state index contributed by atoms with van der Waals surface area (Å²) in [5.74, 6) is 0. The highest BCUT2D eigenvalue weighted by Crippen LogP contribution is 2.35. The molecule has 0 unspecified atom stereocenters. The highest BCUT2D eigenvalue weighted by molar-refractivity contribution is 5.80. The molecule has 0 aromatic heterocycles. The van der Waals surface area contributed by atoms with Gasteiger partial charge in [0.2, 0.25) is 0 Å². The minimum atomic E-state index is -4.33. The number of rotatable bonds is 4. The molecule has 3 nitrogen and oxygen atoms in total. The van der Waals surface area contributed by atoms with Crippen LogP contribution in [0.5, 0.6) is 0 Å². The molecule has 1 fully saturated rings. The van der Waals surface area contributed by atoms with Crippen molar-refractivity contribution in [1.29, 1.82) is 0 Å². The van der Waals surface area contributed by atoms with Gasteiger partial charge in [-0.05, 0) is 23.3 Å². The number of hydrogen-bond acceptors (Lipinski definition) is 3. The van der Waals surface area contributed by atoms with Crippen LogP contribution in [0.2, 0.25) is 0 Å². The van der Waals surface area contributed by atoms with E-state index in [1.165, 1.54) is 12.1 Å². The first kappa shape index (κ1) is 15.8. The van der Waals surface area contributed by atoms with Crippen molar-refractivity contribution in [2.75, 3.05) is 18.5 Å². The molecule has 0 spiro atoms. The van der Waals surface area contributed by atoms with E-state index in [0.29, 0.717) is 19.8 Å². The maximum atomic E-state index is 12.7. The van der Waals surface area contributed by atoms with Gasteiger partial charge < -0.3 is 15.8 Å². The number of anilines is 1. The van der Waals surface area contributed by atoms with Gasteiger partial charge in [0.05, 0.1) is 24.8 Å². The quantitative estimate of drug-likeness (QED) is 0.903. The van der Waals surface area contributed by atoms with Crippen molar-refractivity contribution in [1.82, 2.24) is 0 Å². The van der Waals surface area contributed by atoms with Crippen molar-refractivity contribution >= 4 is 5.69 Å². The van der Waals surface area contributed by atoms with Gasteiger partial charge in [-0.2, -0.15) is 13.2 Å². The van der Waals surface area contributed by atoms with Crippen molar-refractivity contribution in [3.63, 3.8) is 0 Å². The van der Waals surface area contributed by atoms with Crippen LogP contribution >= 0.6 is 0 Å². The van der Waals surface area contributed by atoms with Gasteiger partial charge in [0.15, 0.2) is 0 Å². The molecule has 23 heavy (non-hydrogen) atoms. The Labute approximate surface area is 132 Å². The molecule has 0 saturated carbocycles. The van der Waals surface area contributed by atoms with Crippen molar-refractivity contribution < 1.29 is 17.9 Å². The summed E-state index contributed by atoms with van der Waals surface area (Å²) in [7, 11) is 0. The number of benzene rings is 2. The van der Waals surface area contributed by atoms with E-state index in [1.807, 2.05) is 18.2 Å². The lowest BCUT2D eigenvalue weighted by atomic mass is 9.98. The second-order valence-electron chi connectivity index (χ2n) is 5.50. The maximum Gasteiger partial charge on any atom is 0.416 e. The molecular formula is C17H17F3N2O. The molecule has 2 aromatic carbocycles. The van der Waals surface area contributed by atoms with Crippen LogP contribution in [-0.2, 0) is 17.5 Å². The molecule has 0 bridgehead atoms. The van der Waals surface area contributed by atoms with Crippen LogP contribution in [0.25, 0.3) is 11.1 Å². The highest BCUT2D eigenvalue weighted by Gasteiger charge is 2.30. The fourth-order valence-corrected chi connectivity index (χ4v) is 2.54. The predicted octanol–water partition coefficient (Wildman–Crippen LogP) is 3.64. The monoisotopic (exact) mass is 322 g/mol. The average Bonchev–Trinajstić information content (AvgIpc) is 2.50. The minimum Gasteiger partial charge on any atom is -0.377 e. The lowest BCUT2D eigenvalue weighted by molar-refractivity contribution is -0.137. The SMILES string of the molecule is NCc1cccc(-c2ccc(C(F)(F)F)cc2)c1NC1COC1. The van der Waals surface area contributed by atoms with Gasteiger partial charge in [0.25, 0.3) is 0 Å². The zero-order valence-corrected chi connectivity index (χ0v) is 12.4. The summed E-state index contributed by atoms with van der Waals surface area (Å²) >= 11 is 0. The van der Waals surface area contributed by atoms with Crippen molar-refractivity contribution in [2.24, 2.45) is 5.73 Å². The average molecular weight is 322 g/mol. The van der Waals surface area contributed by atoms with E-state index in [2.05, 4.69) is 5.32 Å².